The van der Waals surface area contributed by atoms with E-state index in [1.807, 2.05) is 29.2 Å². The average Bonchev–Trinajstić information content (AvgIpc) is 2.51. The predicted octanol–water partition coefficient (Wildman–Crippen LogP) is 1.54. The minimum atomic E-state index is 0.0747. The van der Waals surface area contributed by atoms with Gasteiger partial charge in [0.25, 0.3) is 5.91 Å². The fourth-order valence-electron chi connectivity index (χ4n) is 2.41. The highest BCUT2D eigenvalue weighted by molar-refractivity contribution is 5.94. The molecule has 1 amide bonds. The van der Waals surface area contributed by atoms with Crippen molar-refractivity contribution >= 4 is 5.91 Å². The van der Waals surface area contributed by atoms with Crippen LogP contribution in [0.25, 0.3) is 0 Å². The maximum Gasteiger partial charge on any atom is 0.254 e. The molecule has 0 spiro atoms. The molecule has 2 rings (SSSR count). The molecule has 0 aliphatic carbocycles. The van der Waals surface area contributed by atoms with Gasteiger partial charge in [0.05, 0.1) is 6.61 Å². The van der Waals surface area contributed by atoms with E-state index in [-0.39, 0.29) is 5.91 Å². The highest BCUT2D eigenvalue weighted by Crippen LogP contribution is 2.16. The highest BCUT2D eigenvalue weighted by atomic mass is 16.5. The van der Waals surface area contributed by atoms with Crippen molar-refractivity contribution in [3.8, 4) is 5.75 Å². The zero-order valence-corrected chi connectivity index (χ0v) is 12.8. The number of hydrogen-bond donors (Lipinski definition) is 1. The second-order valence-electron chi connectivity index (χ2n) is 5.33. The third-order valence-corrected chi connectivity index (χ3v) is 3.50. The van der Waals surface area contributed by atoms with Crippen molar-refractivity contribution in [2.75, 3.05) is 40.0 Å². The standard InChI is InChI=1S/C16H24N2O3/c1-13-12-18(8-7-17-13)16(19)14-5-3-6-15(11-14)21-10-4-9-20-2/h3,5-6,11,13,17H,4,7-10,12H2,1-2H3. The average molecular weight is 292 g/mol. The zero-order valence-electron chi connectivity index (χ0n) is 12.8. The lowest BCUT2D eigenvalue weighted by Crippen LogP contribution is -2.51. The third kappa shape index (κ3) is 4.72. The summed E-state index contributed by atoms with van der Waals surface area (Å²) >= 11 is 0. The van der Waals surface area contributed by atoms with E-state index in [1.165, 1.54) is 0 Å². The van der Waals surface area contributed by atoms with Crippen molar-refractivity contribution in [1.29, 1.82) is 0 Å². The van der Waals surface area contributed by atoms with Crippen LogP contribution in [0.5, 0.6) is 5.75 Å². The third-order valence-electron chi connectivity index (χ3n) is 3.50. The second kappa shape index (κ2) is 8.00. The molecule has 0 saturated carbocycles. The second-order valence-corrected chi connectivity index (χ2v) is 5.33. The number of methoxy groups -OCH3 is 1. The van der Waals surface area contributed by atoms with Crippen LogP contribution in [0.15, 0.2) is 24.3 Å². The predicted molar refractivity (Wildman–Crippen MR) is 81.8 cm³/mol. The Morgan fingerprint density at radius 1 is 1.43 bits per heavy atom. The molecule has 1 unspecified atom stereocenters. The zero-order chi connectivity index (χ0) is 15.1. The molecule has 1 aliphatic rings. The van der Waals surface area contributed by atoms with E-state index in [9.17, 15) is 4.79 Å². The van der Waals surface area contributed by atoms with E-state index in [4.69, 9.17) is 9.47 Å². The van der Waals surface area contributed by atoms with Crippen molar-refractivity contribution in [1.82, 2.24) is 10.2 Å². The highest BCUT2D eigenvalue weighted by Gasteiger charge is 2.21. The quantitative estimate of drug-likeness (QED) is 0.808. The normalized spacial score (nSPS) is 18.6. The Hall–Kier alpha value is -1.59. The molecule has 1 aromatic rings. The molecule has 5 heteroatoms. The molecule has 21 heavy (non-hydrogen) atoms. The molecule has 0 radical (unpaired) electrons. The molecule has 1 aliphatic heterocycles. The van der Waals surface area contributed by atoms with Crippen LogP contribution in [0, 0.1) is 0 Å². The topological polar surface area (TPSA) is 50.8 Å². The summed E-state index contributed by atoms with van der Waals surface area (Å²) in [5.41, 5.74) is 0.688. The summed E-state index contributed by atoms with van der Waals surface area (Å²) in [5, 5.41) is 3.34. The first-order valence-corrected chi connectivity index (χ1v) is 7.45. The van der Waals surface area contributed by atoms with E-state index in [1.54, 1.807) is 7.11 Å². The minimum Gasteiger partial charge on any atom is -0.493 e. The fourth-order valence-corrected chi connectivity index (χ4v) is 2.41. The van der Waals surface area contributed by atoms with Gasteiger partial charge in [-0.25, -0.2) is 0 Å². The van der Waals surface area contributed by atoms with Gasteiger partial charge in [0.1, 0.15) is 5.75 Å². The molecule has 1 heterocycles. The summed E-state index contributed by atoms with van der Waals surface area (Å²) in [4.78, 5) is 14.4. The number of piperazine rings is 1. The van der Waals surface area contributed by atoms with Gasteiger partial charge < -0.3 is 19.7 Å². The van der Waals surface area contributed by atoms with E-state index < -0.39 is 0 Å². The fraction of sp³-hybridized carbons (Fsp3) is 0.562. The summed E-state index contributed by atoms with van der Waals surface area (Å²) in [6.07, 6.45) is 0.837. The first-order chi connectivity index (χ1) is 10.2. The van der Waals surface area contributed by atoms with Gasteiger partial charge in [0.15, 0.2) is 0 Å². The van der Waals surface area contributed by atoms with Crippen molar-refractivity contribution in [3.63, 3.8) is 0 Å². The largest absolute Gasteiger partial charge is 0.493 e. The van der Waals surface area contributed by atoms with Crippen LogP contribution in [0.2, 0.25) is 0 Å². The lowest BCUT2D eigenvalue weighted by Gasteiger charge is -2.32. The van der Waals surface area contributed by atoms with Crippen LogP contribution in [0.4, 0.5) is 0 Å². The van der Waals surface area contributed by atoms with E-state index in [0.717, 1.165) is 31.8 Å². The van der Waals surface area contributed by atoms with Gasteiger partial charge in [0.2, 0.25) is 0 Å². The first kappa shape index (κ1) is 15.8. The van der Waals surface area contributed by atoms with Gasteiger partial charge in [-0.15, -0.1) is 0 Å². The van der Waals surface area contributed by atoms with Gasteiger partial charge in [0, 0.05) is 51.4 Å². The Balaban J connectivity index is 1.94. The van der Waals surface area contributed by atoms with Gasteiger partial charge >= 0.3 is 0 Å². The maximum absolute atomic E-state index is 12.5. The summed E-state index contributed by atoms with van der Waals surface area (Å²) in [6, 6.07) is 7.75. The molecule has 1 saturated heterocycles. The molecule has 1 aromatic carbocycles. The van der Waals surface area contributed by atoms with E-state index in [0.29, 0.717) is 24.8 Å². The lowest BCUT2D eigenvalue weighted by atomic mass is 10.1. The molecular weight excluding hydrogens is 268 g/mol. The smallest absolute Gasteiger partial charge is 0.254 e. The van der Waals surface area contributed by atoms with E-state index >= 15 is 0 Å². The van der Waals surface area contributed by atoms with Crippen LogP contribution < -0.4 is 10.1 Å². The van der Waals surface area contributed by atoms with Crippen LogP contribution in [0.3, 0.4) is 0 Å². The van der Waals surface area contributed by atoms with Gasteiger partial charge in [-0.05, 0) is 25.1 Å². The molecule has 1 atom stereocenters. The number of hydrogen-bond acceptors (Lipinski definition) is 4. The molecular formula is C16H24N2O3. The van der Waals surface area contributed by atoms with Crippen LogP contribution >= 0.6 is 0 Å². The summed E-state index contributed by atoms with van der Waals surface area (Å²) in [7, 11) is 1.67. The Kier molecular flexibility index (Phi) is 6.02. The van der Waals surface area contributed by atoms with Crippen LogP contribution in [-0.4, -0.2) is 56.8 Å². The minimum absolute atomic E-state index is 0.0747. The number of carbonyl (C=O) groups excluding carboxylic acids is 1. The van der Waals surface area contributed by atoms with Gasteiger partial charge in [-0.3, -0.25) is 4.79 Å². The molecule has 1 fully saturated rings. The number of carbonyl (C=O) groups is 1. The molecule has 0 bridgehead atoms. The van der Waals surface area contributed by atoms with Crippen LogP contribution in [0.1, 0.15) is 23.7 Å². The Bertz CT molecular complexity index is 465. The maximum atomic E-state index is 12.5. The summed E-state index contributed by atoms with van der Waals surface area (Å²) in [5.74, 6) is 0.811. The Labute approximate surface area is 126 Å². The molecule has 1 N–H and O–H groups in total. The monoisotopic (exact) mass is 292 g/mol. The number of amides is 1. The summed E-state index contributed by atoms with van der Waals surface area (Å²) in [6.45, 7) is 5.71. The first-order valence-electron chi connectivity index (χ1n) is 7.45. The van der Waals surface area contributed by atoms with Gasteiger partial charge in [-0.2, -0.15) is 0 Å². The van der Waals surface area contributed by atoms with Crippen molar-refractivity contribution in [3.05, 3.63) is 29.8 Å². The molecule has 5 nitrogen and oxygen atoms in total. The Morgan fingerprint density at radius 2 is 2.29 bits per heavy atom. The van der Waals surface area contributed by atoms with Gasteiger partial charge in [-0.1, -0.05) is 6.07 Å². The number of nitrogens with one attached hydrogen (secondary N) is 1. The Morgan fingerprint density at radius 3 is 3.05 bits per heavy atom. The van der Waals surface area contributed by atoms with Crippen molar-refractivity contribution < 1.29 is 14.3 Å². The number of nitrogens with zero attached hydrogens (tertiary/aromatic N) is 1. The number of benzene rings is 1. The van der Waals surface area contributed by atoms with Crippen molar-refractivity contribution in [2.45, 2.75) is 19.4 Å². The van der Waals surface area contributed by atoms with Crippen LogP contribution in [-0.2, 0) is 4.74 Å². The van der Waals surface area contributed by atoms with Crippen molar-refractivity contribution in [2.24, 2.45) is 0 Å². The number of ether oxygens (including phenoxy) is 2. The number of rotatable bonds is 6. The summed E-state index contributed by atoms with van der Waals surface area (Å²) < 4.78 is 10.6. The lowest BCUT2D eigenvalue weighted by molar-refractivity contribution is 0.0708. The molecule has 0 aromatic heterocycles. The van der Waals surface area contributed by atoms with E-state index in [2.05, 4.69) is 12.2 Å². The SMILES string of the molecule is COCCCOc1cccc(C(=O)N2CCNC(C)C2)c1. The molecule has 116 valence electrons.